The molecule has 0 aromatic carbocycles. The van der Waals surface area contributed by atoms with Gasteiger partial charge in [-0.15, -0.1) is 0 Å². The number of alkyl halides is 3. The maximum absolute atomic E-state index is 12.1. The number of carbonyl (C=O) groups is 1. The molecule has 1 N–H and O–H groups in total. The predicted octanol–water partition coefficient (Wildman–Crippen LogP) is 2.60. The lowest BCUT2D eigenvalue weighted by molar-refractivity contribution is -0.153. The van der Waals surface area contributed by atoms with Gasteiger partial charge in [-0.2, -0.15) is 13.2 Å². The average Bonchev–Trinajstić information content (AvgIpc) is 2.31. The van der Waals surface area contributed by atoms with Crippen LogP contribution in [0.25, 0.3) is 0 Å². The first kappa shape index (κ1) is 20.9. The highest BCUT2D eigenvalue weighted by Crippen LogP contribution is 2.34. The average molecular weight is 345 g/mol. The van der Waals surface area contributed by atoms with Gasteiger partial charge in [-0.25, -0.2) is 13.1 Å². The minimum absolute atomic E-state index is 0.179. The Morgan fingerprint density at radius 3 is 2.18 bits per heavy atom. The number of halogens is 3. The zero-order chi connectivity index (χ0) is 17.8. The Kier molecular flexibility index (Phi) is 7.08. The number of sulfonamides is 1. The fourth-order valence-electron chi connectivity index (χ4n) is 1.81. The second-order valence-electron chi connectivity index (χ2n) is 5.69. The van der Waals surface area contributed by atoms with Crippen molar-refractivity contribution in [3.8, 4) is 0 Å². The molecule has 0 aliphatic heterocycles. The van der Waals surface area contributed by atoms with E-state index in [0.29, 0.717) is 12.0 Å². The lowest BCUT2D eigenvalue weighted by atomic mass is 9.77. The molecular formula is C13H22F3NO4S. The molecule has 0 amide bonds. The van der Waals surface area contributed by atoms with Crippen molar-refractivity contribution >= 4 is 16.0 Å². The van der Waals surface area contributed by atoms with Crippen molar-refractivity contribution in [3.05, 3.63) is 12.2 Å². The molecule has 1 unspecified atom stereocenters. The van der Waals surface area contributed by atoms with E-state index in [1.807, 2.05) is 13.8 Å². The van der Waals surface area contributed by atoms with Crippen LogP contribution in [-0.2, 0) is 19.6 Å². The summed E-state index contributed by atoms with van der Waals surface area (Å²) in [6, 6.07) is 0. The summed E-state index contributed by atoms with van der Waals surface area (Å²) in [6.07, 6.45) is 0.468. The Hall–Kier alpha value is -1.09. The summed E-state index contributed by atoms with van der Waals surface area (Å²) in [7, 11) is -5.43. The summed E-state index contributed by atoms with van der Waals surface area (Å²) < 4.78 is 64.0. The minimum Gasteiger partial charge on any atom is -0.464 e. The molecule has 0 radical (unpaired) electrons. The Morgan fingerprint density at radius 1 is 1.32 bits per heavy atom. The van der Waals surface area contributed by atoms with E-state index in [2.05, 4.69) is 6.58 Å². The van der Waals surface area contributed by atoms with E-state index in [-0.39, 0.29) is 5.92 Å². The molecule has 0 aliphatic rings. The fraction of sp³-hybridized carbons (Fsp3) is 0.769. The molecule has 0 saturated heterocycles. The Balaban J connectivity index is 4.60. The molecule has 0 bridgehead atoms. The summed E-state index contributed by atoms with van der Waals surface area (Å²) in [6.45, 7) is 9.71. The Morgan fingerprint density at radius 2 is 1.82 bits per heavy atom. The van der Waals surface area contributed by atoms with Crippen LogP contribution >= 0.6 is 0 Å². The highest BCUT2D eigenvalue weighted by molar-refractivity contribution is 7.90. The van der Waals surface area contributed by atoms with Crippen LogP contribution in [0.3, 0.4) is 0 Å². The van der Waals surface area contributed by atoms with E-state index in [1.54, 1.807) is 13.8 Å². The van der Waals surface area contributed by atoms with Gasteiger partial charge in [-0.1, -0.05) is 26.0 Å². The summed E-state index contributed by atoms with van der Waals surface area (Å²) >= 11 is 0. The summed E-state index contributed by atoms with van der Waals surface area (Å²) in [5.74, 6) is -0.460. The van der Waals surface area contributed by atoms with E-state index < -0.39 is 40.1 Å². The van der Waals surface area contributed by atoms with E-state index >= 15 is 0 Å². The van der Waals surface area contributed by atoms with Gasteiger partial charge in [-0.3, -0.25) is 4.79 Å². The van der Waals surface area contributed by atoms with Crippen LogP contribution in [0.2, 0.25) is 0 Å². The van der Waals surface area contributed by atoms with Gasteiger partial charge in [-0.05, 0) is 26.2 Å². The number of nitrogens with one attached hydrogen (secondary N) is 1. The standard InChI is InChI=1S/C13H22F3NO4S/c1-9(2)8-12(5,10(3)4)11(18)21-7-6-17-22(19,20)13(14,15)16/h9,17H,3,6-8H2,1-2,4-5H3. The highest BCUT2D eigenvalue weighted by Gasteiger charge is 2.45. The van der Waals surface area contributed by atoms with Gasteiger partial charge in [0.15, 0.2) is 0 Å². The van der Waals surface area contributed by atoms with Crippen LogP contribution in [0.4, 0.5) is 13.2 Å². The summed E-state index contributed by atoms with van der Waals surface area (Å²) in [5, 5.41) is 0. The van der Waals surface area contributed by atoms with Crippen LogP contribution in [0.15, 0.2) is 12.2 Å². The lowest BCUT2D eigenvalue weighted by Gasteiger charge is -2.29. The molecule has 9 heteroatoms. The monoisotopic (exact) mass is 345 g/mol. The zero-order valence-electron chi connectivity index (χ0n) is 13.1. The van der Waals surface area contributed by atoms with E-state index in [1.165, 1.54) is 4.72 Å². The highest BCUT2D eigenvalue weighted by atomic mass is 32.2. The lowest BCUT2D eigenvalue weighted by Crippen LogP contribution is -2.39. The van der Waals surface area contributed by atoms with Crippen molar-refractivity contribution in [2.75, 3.05) is 13.2 Å². The van der Waals surface area contributed by atoms with Gasteiger partial charge in [0, 0.05) is 6.54 Å². The number of ether oxygens (including phenoxy) is 1. The van der Waals surface area contributed by atoms with E-state index in [9.17, 15) is 26.4 Å². The topological polar surface area (TPSA) is 72.5 Å². The first-order chi connectivity index (χ1) is 9.74. The Labute approximate surface area is 129 Å². The Bertz CT molecular complexity index is 514. The van der Waals surface area contributed by atoms with E-state index in [4.69, 9.17) is 4.74 Å². The zero-order valence-corrected chi connectivity index (χ0v) is 13.9. The van der Waals surface area contributed by atoms with Crippen molar-refractivity contribution in [2.45, 2.75) is 39.6 Å². The molecule has 130 valence electrons. The molecule has 0 heterocycles. The van der Waals surface area contributed by atoms with Gasteiger partial charge in [0.25, 0.3) is 0 Å². The summed E-state index contributed by atoms with van der Waals surface area (Å²) in [5.41, 5.74) is -5.78. The number of hydrogen-bond donors (Lipinski definition) is 1. The van der Waals surface area contributed by atoms with Crippen LogP contribution in [0.1, 0.15) is 34.1 Å². The number of esters is 1. The number of hydrogen-bond acceptors (Lipinski definition) is 4. The maximum Gasteiger partial charge on any atom is 0.511 e. The molecule has 0 aromatic heterocycles. The van der Waals surface area contributed by atoms with Crippen LogP contribution in [0, 0.1) is 11.3 Å². The predicted molar refractivity (Wildman–Crippen MR) is 76.3 cm³/mol. The third-order valence-electron chi connectivity index (χ3n) is 3.14. The largest absolute Gasteiger partial charge is 0.511 e. The first-order valence-electron chi connectivity index (χ1n) is 6.63. The molecular weight excluding hydrogens is 323 g/mol. The van der Waals surface area contributed by atoms with Gasteiger partial charge in [0.05, 0.1) is 5.41 Å². The summed E-state index contributed by atoms with van der Waals surface area (Å²) in [4.78, 5) is 12.1. The van der Waals surface area contributed by atoms with Crippen molar-refractivity contribution in [2.24, 2.45) is 11.3 Å². The van der Waals surface area contributed by atoms with Gasteiger partial charge >= 0.3 is 21.5 Å². The third kappa shape index (κ3) is 5.60. The van der Waals surface area contributed by atoms with Gasteiger partial charge in [0.1, 0.15) is 6.61 Å². The van der Waals surface area contributed by atoms with Crippen molar-refractivity contribution in [1.29, 1.82) is 0 Å². The molecule has 0 spiro atoms. The first-order valence-corrected chi connectivity index (χ1v) is 8.11. The van der Waals surface area contributed by atoms with Gasteiger partial charge in [0.2, 0.25) is 0 Å². The minimum atomic E-state index is -5.43. The number of carbonyl (C=O) groups excluding carboxylic acids is 1. The van der Waals surface area contributed by atoms with Crippen LogP contribution in [0.5, 0.6) is 0 Å². The molecule has 0 aromatic rings. The number of rotatable bonds is 8. The van der Waals surface area contributed by atoms with E-state index in [0.717, 1.165) is 0 Å². The van der Waals surface area contributed by atoms with Crippen LogP contribution < -0.4 is 4.72 Å². The second-order valence-corrected chi connectivity index (χ2v) is 7.45. The fourth-order valence-corrected chi connectivity index (χ4v) is 2.32. The maximum atomic E-state index is 12.1. The van der Waals surface area contributed by atoms with Crippen molar-refractivity contribution in [3.63, 3.8) is 0 Å². The smallest absolute Gasteiger partial charge is 0.464 e. The molecule has 0 rings (SSSR count). The molecule has 0 fully saturated rings. The normalized spacial score (nSPS) is 15.5. The van der Waals surface area contributed by atoms with Crippen LogP contribution in [-0.4, -0.2) is 33.0 Å². The van der Waals surface area contributed by atoms with Crippen molar-refractivity contribution < 1.29 is 31.1 Å². The molecule has 1 atom stereocenters. The quantitative estimate of drug-likeness (QED) is 0.417. The molecule has 0 saturated carbocycles. The third-order valence-corrected chi connectivity index (χ3v) is 4.33. The van der Waals surface area contributed by atoms with Crippen molar-refractivity contribution in [1.82, 2.24) is 4.72 Å². The molecule has 0 aliphatic carbocycles. The molecule has 5 nitrogen and oxygen atoms in total. The molecule has 22 heavy (non-hydrogen) atoms. The van der Waals surface area contributed by atoms with Gasteiger partial charge < -0.3 is 4.74 Å². The second kappa shape index (κ2) is 7.45. The SMILES string of the molecule is C=C(C)C(C)(CC(C)C)C(=O)OCCNS(=O)(=O)C(F)(F)F.